The van der Waals surface area contributed by atoms with E-state index in [1.807, 2.05) is 29.8 Å². The van der Waals surface area contributed by atoms with E-state index in [9.17, 15) is 4.79 Å². The summed E-state index contributed by atoms with van der Waals surface area (Å²) in [6.07, 6.45) is 3.45. The third-order valence-electron chi connectivity index (χ3n) is 5.43. The molecule has 1 N–H and O–H groups in total. The molecule has 0 saturated carbocycles. The second-order valence-electron chi connectivity index (χ2n) is 6.92. The fourth-order valence-corrected chi connectivity index (χ4v) is 4.03. The van der Waals surface area contributed by atoms with Crippen molar-refractivity contribution in [2.45, 2.75) is 31.8 Å². The van der Waals surface area contributed by atoms with E-state index in [1.54, 1.807) is 21.3 Å². The van der Waals surface area contributed by atoms with Crippen molar-refractivity contribution in [1.29, 1.82) is 0 Å². The highest BCUT2D eigenvalue weighted by Gasteiger charge is 2.28. The van der Waals surface area contributed by atoms with Crippen molar-refractivity contribution < 1.29 is 14.3 Å². The first-order valence-electron chi connectivity index (χ1n) is 9.42. The topological polar surface area (TPSA) is 55.7 Å². The highest BCUT2D eigenvalue weighted by molar-refractivity contribution is 5.92. The van der Waals surface area contributed by atoms with E-state index in [1.165, 1.54) is 18.5 Å². The van der Waals surface area contributed by atoms with Gasteiger partial charge in [-0.25, -0.2) is 0 Å². The smallest absolute Gasteiger partial charge is 0.267 e. The average Bonchev–Trinajstić information content (AvgIpc) is 3.08. The summed E-state index contributed by atoms with van der Waals surface area (Å²) in [4.78, 5) is 14.6. The van der Waals surface area contributed by atoms with E-state index in [0.29, 0.717) is 5.69 Å². The molecule has 2 heterocycles. The molecule has 0 aliphatic carbocycles. The number of amides is 1. The lowest BCUT2D eigenvalue weighted by molar-refractivity contribution is 0.0952. The number of ether oxygens (including phenoxy) is 2. The SMILES string of the molecule is CNC(=O)c1ccc(C2CCCCN2Cc2cccc(OC)c2OC)n1C. The highest BCUT2D eigenvalue weighted by atomic mass is 16.5. The normalized spacial score (nSPS) is 17.6. The number of methoxy groups -OCH3 is 2. The van der Waals surface area contributed by atoms with Crippen LogP contribution in [0.3, 0.4) is 0 Å². The number of rotatable bonds is 6. The Morgan fingerprint density at radius 2 is 2.00 bits per heavy atom. The molecule has 1 unspecified atom stereocenters. The van der Waals surface area contributed by atoms with E-state index >= 15 is 0 Å². The van der Waals surface area contributed by atoms with Gasteiger partial charge in [0.1, 0.15) is 5.69 Å². The first-order chi connectivity index (χ1) is 13.1. The van der Waals surface area contributed by atoms with Crippen LogP contribution in [0.1, 0.15) is 47.1 Å². The van der Waals surface area contributed by atoms with Gasteiger partial charge in [-0.3, -0.25) is 9.69 Å². The summed E-state index contributed by atoms with van der Waals surface area (Å²) < 4.78 is 13.1. The van der Waals surface area contributed by atoms with Crippen LogP contribution in [-0.2, 0) is 13.6 Å². The monoisotopic (exact) mass is 371 g/mol. The number of hydrogen-bond donors (Lipinski definition) is 1. The van der Waals surface area contributed by atoms with Crippen LogP contribution in [-0.4, -0.2) is 43.2 Å². The predicted octanol–water partition coefficient (Wildman–Crippen LogP) is 3.13. The number of nitrogens with zero attached hydrogens (tertiary/aromatic N) is 2. The van der Waals surface area contributed by atoms with Crippen LogP contribution in [0, 0.1) is 0 Å². The Labute approximate surface area is 161 Å². The second kappa shape index (κ2) is 8.48. The second-order valence-corrected chi connectivity index (χ2v) is 6.92. The minimum Gasteiger partial charge on any atom is -0.493 e. The lowest BCUT2D eigenvalue weighted by Crippen LogP contribution is -2.34. The summed E-state index contributed by atoms with van der Waals surface area (Å²) >= 11 is 0. The molecule has 0 spiro atoms. The Hall–Kier alpha value is -2.47. The van der Waals surface area contributed by atoms with Crippen LogP contribution < -0.4 is 14.8 Å². The summed E-state index contributed by atoms with van der Waals surface area (Å²) in [6, 6.07) is 10.3. The number of likely N-dealkylation sites (tertiary alicyclic amines) is 1. The Balaban J connectivity index is 1.89. The summed E-state index contributed by atoms with van der Waals surface area (Å²) in [7, 11) is 6.98. The number of carbonyl (C=O) groups excluding carboxylic acids is 1. The highest BCUT2D eigenvalue weighted by Crippen LogP contribution is 2.36. The first kappa shape index (κ1) is 19.3. The average molecular weight is 371 g/mol. The van der Waals surface area contributed by atoms with E-state index in [-0.39, 0.29) is 11.9 Å². The van der Waals surface area contributed by atoms with Gasteiger partial charge in [0, 0.05) is 31.9 Å². The molecule has 0 bridgehead atoms. The van der Waals surface area contributed by atoms with Crippen LogP contribution in [0.15, 0.2) is 30.3 Å². The van der Waals surface area contributed by atoms with Gasteiger partial charge >= 0.3 is 0 Å². The molecule has 6 heteroatoms. The third-order valence-corrected chi connectivity index (χ3v) is 5.43. The van der Waals surface area contributed by atoms with Crippen molar-refractivity contribution in [3.63, 3.8) is 0 Å². The molecular formula is C21H29N3O3. The molecule has 1 aliphatic heterocycles. The Morgan fingerprint density at radius 3 is 2.70 bits per heavy atom. The van der Waals surface area contributed by atoms with Gasteiger partial charge in [0.25, 0.3) is 5.91 Å². The molecule has 27 heavy (non-hydrogen) atoms. The zero-order valence-electron chi connectivity index (χ0n) is 16.6. The maximum Gasteiger partial charge on any atom is 0.267 e. The van der Waals surface area contributed by atoms with E-state index in [4.69, 9.17) is 9.47 Å². The summed E-state index contributed by atoms with van der Waals surface area (Å²) in [5, 5.41) is 2.71. The zero-order chi connectivity index (χ0) is 19.4. The molecule has 1 aromatic heterocycles. The number of carbonyl (C=O) groups is 1. The van der Waals surface area contributed by atoms with Gasteiger partial charge in [-0.15, -0.1) is 0 Å². The third kappa shape index (κ3) is 3.81. The lowest BCUT2D eigenvalue weighted by Gasteiger charge is -2.36. The summed E-state index contributed by atoms with van der Waals surface area (Å²) in [6.45, 7) is 1.80. The first-order valence-corrected chi connectivity index (χ1v) is 9.42. The van der Waals surface area contributed by atoms with Gasteiger partial charge in [-0.1, -0.05) is 18.6 Å². The summed E-state index contributed by atoms with van der Waals surface area (Å²) in [5.74, 6) is 1.49. The number of benzene rings is 1. The molecule has 1 saturated heterocycles. The minimum absolute atomic E-state index is 0.0550. The van der Waals surface area contributed by atoms with Gasteiger partial charge in [-0.05, 0) is 37.6 Å². The molecule has 1 atom stereocenters. The van der Waals surface area contributed by atoms with Crippen molar-refractivity contribution in [2.24, 2.45) is 7.05 Å². The van der Waals surface area contributed by atoms with Gasteiger partial charge < -0.3 is 19.4 Å². The van der Waals surface area contributed by atoms with Gasteiger partial charge in [-0.2, -0.15) is 0 Å². The van der Waals surface area contributed by atoms with Crippen LogP contribution in [0.5, 0.6) is 11.5 Å². The maximum atomic E-state index is 12.1. The fraction of sp³-hybridized carbons (Fsp3) is 0.476. The van der Waals surface area contributed by atoms with E-state index < -0.39 is 0 Å². The van der Waals surface area contributed by atoms with Crippen LogP contribution >= 0.6 is 0 Å². The number of aromatic nitrogens is 1. The number of nitrogens with one attached hydrogen (secondary N) is 1. The van der Waals surface area contributed by atoms with Gasteiger partial charge in [0.15, 0.2) is 11.5 Å². The molecule has 1 aliphatic rings. The van der Waals surface area contributed by atoms with E-state index in [2.05, 4.69) is 22.3 Å². The molecule has 0 radical (unpaired) electrons. The Kier molecular flexibility index (Phi) is 6.06. The largest absolute Gasteiger partial charge is 0.493 e. The Morgan fingerprint density at radius 1 is 1.19 bits per heavy atom. The molecule has 1 amide bonds. The van der Waals surface area contributed by atoms with Crippen LogP contribution in [0.4, 0.5) is 0 Å². The van der Waals surface area contributed by atoms with Gasteiger partial charge in [0.05, 0.1) is 20.3 Å². The number of piperidine rings is 1. The van der Waals surface area contributed by atoms with Crippen LogP contribution in [0.2, 0.25) is 0 Å². The maximum absolute atomic E-state index is 12.1. The minimum atomic E-state index is -0.0550. The molecule has 6 nitrogen and oxygen atoms in total. The van der Waals surface area contributed by atoms with Crippen molar-refractivity contribution in [3.05, 3.63) is 47.3 Å². The molecular weight excluding hydrogens is 342 g/mol. The zero-order valence-corrected chi connectivity index (χ0v) is 16.6. The predicted molar refractivity (Wildman–Crippen MR) is 105 cm³/mol. The lowest BCUT2D eigenvalue weighted by atomic mass is 9.98. The molecule has 1 aromatic carbocycles. The van der Waals surface area contributed by atoms with Crippen LogP contribution in [0.25, 0.3) is 0 Å². The summed E-state index contributed by atoms with van der Waals surface area (Å²) in [5.41, 5.74) is 2.98. The standard InChI is InChI=1S/C21H29N3O3/c1-22-21(25)18-12-11-16(23(18)2)17-9-5-6-13-24(17)14-15-8-7-10-19(26-3)20(15)27-4/h7-8,10-12,17H,5-6,9,13-14H2,1-4H3,(H,22,25). The molecule has 3 rings (SSSR count). The molecule has 1 fully saturated rings. The van der Waals surface area contributed by atoms with Crippen molar-refractivity contribution in [3.8, 4) is 11.5 Å². The van der Waals surface area contributed by atoms with Crippen molar-refractivity contribution >= 4 is 5.91 Å². The number of para-hydroxylation sites is 1. The van der Waals surface area contributed by atoms with Gasteiger partial charge in [0.2, 0.25) is 0 Å². The quantitative estimate of drug-likeness (QED) is 0.848. The fourth-order valence-electron chi connectivity index (χ4n) is 4.03. The molecule has 146 valence electrons. The van der Waals surface area contributed by atoms with Crippen molar-refractivity contribution in [1.82, 2.24) is 14.8 Å². The Bertz CT molecular complexity index is 800. The van der Waals surface area contributed by atoms with E-state index in [0.717, 1.165) is 36.6 Å². The number of hydrogen-bond acceptors (Lipinski definition) is 4. The van der Waals surface area contributed by atoms with Crippen molar-refractivity contribution in [2.75, 3.05) is 27.8 Å². The molecule has 2 aromatic rings.